The van der Waals surface area contributed by atoms with Crippen LogP contribution in [0.1, 0.15) is 0 Å². The zero-order valence-corrected chi connectivity index (χ0v) is 12.5. The van der Waals surface area contributed by atoms with Crippen LogP contribution in [-0.2, 0) is 0 Å². The fourth-order valence-electron chi connectivity index (χ4n) is 2.07. The molecular formula is C16H11BrN2O2. The van der Waals surface area contributed by atoms with E-state index < -0.39 is 0 Å². The zero-order chi connectivity index (χ0) is 14.8. The predicted octanol–water partition coefficient (Wildman–Crippen LogP) is 3.57. The normalized spacial score (nSPS) is 10.5. The van der Waals surface area contributed by atoms with Gasteiger partial charge in [0.15, 0.2) is 0 Å². The highest BCUT2D eigenvalue weighted by molar-refractivity contribution is 9.10. The van der Waals surface area contributed by atoms with Crippen LogP contribution in [0.2, 0.25) is 0 Å². The summed E-state index contributed by atoms with van der Waals surface area (Å²) in [4.78, 5) is 19.1. The number of halogens is 1. The van der Waals surface area contributed by atoms with Gasteiger partial charge in [0, 0.05) is 10.0 Å². The first kappa shape index (κ1) is 13.6. The van der Waals surface area contributed by atoms with Crippen molar-refractivity contribution in [1.29, 1.82) is 0 Å². The summed E-state index contributed by atoms with van der Waals surface area (Å²) in [6, 6.07) is 16.3. The lowest BCUT2D eigenvalue weighted by molar-refractivity contribution is 0.454. The maximum absolute atomic E-state index is 12.3. The van der Waals surface area contributed by atoms with Crippen LogP contribution in [0.25, 0.3) is 22.5 Å². The number of aromatic hydroxyl groups is 1. The topological polar surface area (TPSA) is 66.0 Å². The first-order valence-corrected chi connectivity index (χ1v) is 7.09. The molecule has 0 amide bonds. The Morgan fingerprint density at radius 1 is 0.952 bits per heavy atom. The lowest BCUT2D eigenvalue weighted by Gasteiger charge is -2.06. The van der Waals surface area contributed by atoms with Crippen LogP contribution in [0.5, 0.6) is 5.88 Å². The Morgan fingerprint density at radius 2 is 1.62 bits per heavy atom. The zero-order valence-electron chi connectivity index (χ0n) is 10.9. The Morgan fingerprint density at radius 3 is 2.24 bits per heavy atom. The molecule has 3 rings (SSSR count). The highest BCUT2D eigenvalue weighted by Crippen LogP contribution is 2.26. The molecule has 0 bridgehead atoms. The van der Waals surface area contributed by atoms with Crippen molar-refractivity contribution in [2.24, 2.45) is 0 Å². The number of benzene rings is 2. The molecule has 3 aromatic rings. The Hall–Kier alpha value is -2.40. The molecule has 0 aliphatic rings. The summed E-state index contributed by atoms with van der Waals surface area (Å²) in [5.74, 6) is 0.0684. The van der Waals surface area contributed by atoms with Crippen LogP contribution in [0.3, 0.4) is 0 Å². The van der Waals surface area contributed by atoms with Crippen LogP contribution >= 0.6 is 15.9 Å². The van der Waals surface area contributed by atoms with E-state index in [4.69, 9.17) is 0 Å². The fourth-order valence-corrected chi connectivity index (χ4v) is 2.34. The van der Waals surface area contributed by atoms with E-state index in [1.165, 1.54) is 0 Å². The molecule has 5 heteroatoms. The van der Waals surface area contributed by atoms with Crippen LogP contribution in [0, 0.1) is 0 Å². The molecule has 104 valence electrons. The van der Waals surface area contributed by atoms with Crippen LogP contribution in [0.4, 0.5) is 0 Å². The summed E-state index contributed by atoms with van der Waals surface area (Å²) in [7, 11) is 0. The number of hydrogen-bond donors (Lipinski definition) is 2. The Kier molecular flexibility index (Phi) is 3.58. The third kappa shape index (κ3) is 2.73. The minimum atomic E-state index is -0.372. The molecule has 0 aliphatic heterocycles. The van der Waals surface area contributed by atoms with Crippen LogP contribution < -0.4 is 5.56 Å². The van der Waals surface area contributed by atoms with E-state index in [1.54, 1.807) is 24.3 Å². The Bertz CT molecular complexity index is 827. The molecule has 0 fully saturated rings. The van der Waals surface area contributed by atoms with Gasteiger partial charge in [-0.25, -0.2) is 0 Å². The third-order valence-corrected chi connectivity index (χ3v) is 3.61. The number of aromatic nitrogens is 2. The average Bonchev–Trinajstić information content (AvgIpc) is 2.49. The largest absolute Gasteiger partial charge is 0.493 e. The van der Waals surface area contributed by atoms with E-state index in [0.717, 1.165) is 10.0 Å². The van der Waals surface area contributed by atoms with Gasteiger partial charge in [0.2, 0.25) is 5.88 Å². The molecule has 21 heavy (non-hydrogen) atoms. The van der Waals surface area contributed by atoms with E-state index in [9.17, 15) is 9.90 Å². The molecule has 0 saturated heterocycles. The number of nitrogens with zero attached hydrogens (tertiary/aromatic N) is 1. The first-order chi connectivity index (χ1) is 10.1. The minimum Gasteiger partial charge on any atom is -0.493 e. The van der Waals surface area contributed by atoms with Gasteiger partial charge in [0.25, 0.3) is 5.56 Å². The molecule has 0 radical (unpaired) electrons. The second-order valence-electron chi connectivity index (χ2n) is 4.49. The number of aromatic amines is 1. The average molecular weight is 343 g/mol. The summed E-state index contributed by atoms with van der Waals surface area (Å²) >= 11 is 3.33. The Balaban J connectivity index is 2.13. The lowest BCUT2D eigenvalue weighted by Crippen LogP contribution is -2.12. The summed E-state index contributed by atoms with van der Waals surface area (Å²) in [6.45, 7) is 0. The Labute approximate surface area is 129 Å². The van der Waals surface area contributed by atoms with Gasteiger partial charge in [-0.2, -0.15) is 4.98 Å². The van der Waals surface area contributed by atoms with E-state index in [0.29, 0.717) is 11.4 Å². The molecule has 1 aromatic heterocycles. The van der Waals surface area contributed by atoms with Gasteiger partial charge in [0.1, 0.15) is 11.4 Å². The van der Waals surface area contributed by atoms with Crippen molar-refractivity contribution >= 4 is 15.9 Å². The second-order valence-corrected chi connectivity index (χ2v) is 5.40. The smallest absolute Gasteiger partial charge is 0.262 e. The van der Waals surface area contributed by atoms with Crippen LogP contribution in [-0.4, -0.2) is 15.1 Å². The summed E-state index contributed by atoms with van der Waals surface area (Å²) in [5.41, 5.74) is 1.15. The molecule has 2 N–H and O–H groups in total. The van der Waals surface area contributed by atoms with Gasteiger partial charge >= 0.3 is 0 Å². The molecule has 0 spiro atoms. The van der Waals surface area contributed by atoms with E-state index >= 15 is 0 Å². The number of nitrogens with one attached hydrogen (secondary N) is 1. The van der Waals surface area contributed by atoms with Crippen molar-refractivity contribution in [1.82, 2.24) is 9.97 Å². The highest BCUT2D eigenvalue weighted by Gasteiger charge is 2.13. The summed E-state index contributed by atoms with van der Waals surface area (Å²) < 4.78 is 0.899. The van der Waals surface area contributed by atoms with Crippen molar-refractivity contribution < 1.29 is 5.11 Å². The van der Waals surface area contributed by atoms with Gasteiger partial charge in [0.05, 0.1) is 0 Å². The highest BCUT2D eigenvalue weighted by atomic mass is 79.9. The van der Waals surface area contributed by atoms with Gasteiger partial charge in [-0.1, -0.05) is 58.4 Å². The van der Waals surface area contributed by atoms with Crippen LogP contribution in [0.15, 0.2) is 63.9 Å². The lowest BCUT2D eigenvalue weighted by atomic mass is 10.1. The van der Waals surface area contributed by atoms with E-state index in [2.05, 4.69) is 25.9 Å². The molecule has 1 heterocycles. The second kappa shape index (κ2) is 5.54. The number of hydrogen-bond acceptors (Lipinski definition) is 3. The van der Waals surface area contributed by atoms with Gasteiger partial charge in [-0.05, 0) is 17.7 Å². The van der Waals surface area contributed by atoms with Gasteiger partial charge in [-0.3, -0.25) is 4.79 Å². The van der Waals surface area contributed by atoms with Crippen molar-refractivity contribution in [2.75, 3.05) is 0 Å². The van der Waals surface area contributed by atoms with Gasteiger partial charge < -0.3 is 10.1 Å². The first-order valence-electron chi connectivity index (χ1n) is 6.30. The van der Waals surface area contributed by atoms with Crippen molar-refractivity contribution in [2.45, 2.75) is 0 Å². The molecule has 0 unspecified atom stereocenters. The molecular weight excluding hydrogens is 332 g/mol. The molecule has 2 aromatic carbocycles. The summed E-state index contributed by atoms with van der Waals surface area (Å²) in [6.07, 6.45) is 0. The molecule has 4 nitrogen and oxygen atoms in total. The fraction of sp³-hybridized carbons (Fsp3) is 0. The number of H-pyrrole nitrogens is 1. The molecule has 0 aliphatic carbocycles. The van der Waals surface area contributed by atoms with Crippen molar-refractivity contribution in [3.05, 3.63) is 69.4 Å². The quantitative estimate of drug-likeness (QED) is 0.748. The maximum atomic E-state index is 12.3. The molecule has 0 atom stereocenters. The monoisotopic (exact) mass is 342 g/mol. The molecule has 0 saturated carbocycles. The number of rotatable bonds is 2. The van der Waals surface area contributed by atoms with Crippen molar-refractivity contribution in [3.63, 3.8) is 0 Å². The maximum Gasteiger partial charge on any atom is 0.262 e. The predicted molar refractivity (Wildman–Crippen MR) is 85.1 cm³/mol. The van der Waals surface area contributed by atoms with E-state index in [-0.39, 0.29) is 17.0 Å². The minimum absolute atomic E-state index is 0.169. The standard InChI is InChI=1S/C16H11BrN2O2/c17-12-8-6-10(7-9-12)13-15(20)18-14(19-16(13)21)11-4-2-1-3-5-11/h1-9H,(H2,18,19,20,21). The van der Waals surface area contributed by atoms with E-state index in [1.807, 2.05) is 30.3 Å². The third-order valence-electron chi connectivity index (χ3n) is 3.08. The summed E-state index contributed by atoms with van der Waals surface area (Å²) in [5, 5.41) is 10.1. The van der Waals surface area contributed by atoms with Crippen molar-refractivity contribution in [3.8, 4) is 28.4 Å². The van der Waals surface area contributed by atoms with Gasteiger partial charge in [-0.15, -0.1) is 0 Å². The SMILES string of the molecule is O=c1[nH]c(-c2ccccc2)nc(O)c1-c1ccc(Br)cc1.